The van der Waals surface area contributed by atoms with Crippen LogP contribution >= 0.6 is 0 Å². The van der Waals surface area contributed by atoms with Gasteiger partial charge in [0.2, 0.25) is 5.91 Å². The predicted molar refractivity (Wildman–Crippen MR) is 88.9 cm³/mol. The minimum atomic E-state index is -0.400. The quantitative estimate of drug-likeness (QED) is 0.708. The molecule has 0 aliphatic carbocycles. The summed E-state index contributed by atoms with van der Waals surface area (Å²) in [6.45, 7) is 0.869. The van der Waals surface area contributed by atoms with Gasteiger partial charge in [0.1, 0.15) is 5.82 Å². The second-order valence-electron chi connectivity index (χ2n) is 5.46. The summed E-state index contributed by atoms with van der Waals surface area (Å²) < 4.78 is 31.4. The van der Waals surface area contributed by atoms with E-state index < -0.39 is 5.82 Å². The molecule has 2 rings (SSSR count). The van der Waals surface area contributed by atoms with Crippen molar-refractivity contribution in [2.24, 2.45) is 0 Å². The van der Waals surface area contributed by atoms with E-state index in [0.29, 0.717) is 26.0 Å². The fraction of sp³-hybridized carbons (Fsp3) is 0.316. The van der Waals surface area contributed by atoms with Gasteiger partial charge in [0, 0.05) is 13.0 Å². The molecule has 0 aliphatic rings. The van der Waals surface area contributed by atoms with Crippen LogP contribution in [0.25, 0.3) is 0 Å². The second kappa shape index (κ2) is 9.65. The number of nitrogens with one attached hydrogen (secondary N) is 1. The van der Waals surface area contributed by atoms with E-state index in [9.17, 15) is 13.6 Å². The highest BCUT2D eigenvalue weighted by atomic mass is 19.1. The Morgan fingerprint density at radius 1 is 1.00 bits per heavy atom. The van der Waals surface area contributed by atoms with Crippen molar-refractivity contribution in [2.45, 2.75) is 25.7 Å². The van der Waals surface area contributed by atoms with E-state index in [1.807, 2.05) is 0 Å². The van der Waals surface area contributed by atoms with Gasteiger partial charge >= 0.3 is 0 Å². The van der Waals surface area contributed by atoms with Gasteiger partial charge in [0.15, 0.2) is 11.6 Å². The molecular weight excluding hydrogens is 312 g/mol. The number of carbonyl (C=O) groups excluding carboxylic acids is 1. The minimum Gasteiger partial charge on any atom is -0.491 e. The number of amides is 1. The van der Waals surface area contributed by atoms with Crippen LogP contribution in [0.5, 0.6) is 5.75 Å². The van der Waals surface area contributed by atoms with Gasteiger partial charge in [-0.2, -0.15) is 0 Å². The summed E-state index contributed by atoms with van der Waals surface area (Å²) in [6.07, 6.45) is 2.45. The van der Waals surface area contributed by atoms with E-state index in [1.165, 1.54) is 18.2 Å². The summed E-state index contributed by atoms with van der Waals surface area (Å²) in [5, 5.41) is 2.83. The van der Waals surface area contributed by atoms with Crippen molar-refractivity contribution in [2.75, 3.05) is 13.2 Å². The molecule has 0 radical (unpaired) electrons. The fourth-order valence-electron chi connectivity index (χ4n) is 2.24. The van der Waals surface area contributed by atoms with Gasteiger partial charge < -0.3 is 10.1 Å². The van der Waals surface area contributed by atoms with E-state index >= 15 is 0 Å². The van der Waals surface area contributed by atoms with Crippen LogP contribution in [-0.4, -0.2) is 19.1 Å². The Hall–Kier alpha value is -2.43. The third kappa shape index (κ3) is 6.36. The first-order chi connectivity index (χ1) is 11.6. The minimum absolute atomic E-state index is 0.0498. The van der Waals surface area contributed by atoms with Crippen molar-refractivity contribution < 1.29 is 18.3 Å². The van der Waals surface area contributed by atoms with Gasteiger partial charge in [0.05, 0.1) is 6.61 Å². The Labute approximate surface area is 140 Å². The summed E-state index contributed by atoms with van der Waals surface area (Å²) in [5.41, 5.74) is 1.05. The Morgan fingerprint density at radius 2 is 1.75 bits per heavy atom. The van der Waals surface area contributed by atoms with Gasteiger partial charge in [-0.05, 0) is 49.1 Å². The molecule has 0 spiro atoms. The number of ether oxygens (including phenoxy) is 1. The molecule has 24 heavy (non-hydrogen) atoms. The predicted octanol–water partition coefficient (Wildman–Crippen LogP) is 3.87. The van der Waals surface area contributed by atoms with Crippen molar-refractivity contribution in [3.63, 3.8) is 0 Å². The molecule has 5 heteroatoms. The number of benzene rings is 2. The van der Waals surface area contributed by atoms with E-state index in [4.69, 9.17) is 4.74 Å². The van der Waals surface area contributed by atoms with Crippen LogP contribution in [0.3, 0.4) is 0 Å². The highest BCUT2D eigenvalue weighted by Gasteiger charge is 2.04. The molecule has 0 aromatic heterocycles. The first-order valence-electron chi connectivity index (χ1n) is 8.03. The fourth-order valence-corrected chi connectivity index (χ4v) is 2.24. The summed E-state index contributed by atoms with van der Waals surface area (Å²) in [6, 6.07) is 12.6. The lowest BCUT2D eigenvalue weighted by molar-refractivity contribution is -0.121. The van der Waals surface area contributed by atoms with Crippen LogP contribution in [0.2, 0.25) is 0 Å². The molecule has 2 aromatic rings. The van der Waals surface area contributed by atoms with Gasteiger partial charge in [-0.25, -0.2) is 8.78 Å². The lowest BCUT2D eigenvalue weighted by Gasteiger charge is -2.08. The summed E-state index contributed by atoms with van der Waals surface area (Å²) in [4.78, 5) is 11.7. The molecule has 0 saturated carbocycles. The molecule has 128 valence electrons. The average molecular weight is 333 g/mol. The maximum atomic E-state index is 13.3. The molecule has 0 unspecified atom stereocenters. The Balaban J connectivity index is 1.53. The molecule has 2 aromatic carbocycles. The lowest BCUT2D eigenvalue weighted by atomic mass is 10.1. The van der Waals surface area contributed by atoms with Gasteiger partial charge in [-0.1, -0.05) is 24.3 Å². The van der Waals surface area contributed by atoms with Crippen LogP contribution in [0, 0.1) is 11.6 Å². The molecule has 1 amide bonds. The van der Waals surface area contributed by atoms with Crippen molar-refractivity contribution >= 4 is 5.91 Å². The topological polar surface area (TPSA) is 38.3 Å². The van der Waals surface area contributed by atoms with E-state index in [-0.39, 0.29) is 17.5 Å². The maximum absolute atomic E-state index is 13.3. The zero-order valence-corrected chi connectivity index (χ0v) is 13.4. The molecular formula is C19H21F2NO2. The number of carbonyl (C=O) groups is 1. The highest BCUT2D eigenvalue weighted by molar-refractivity contribution is 5.75. The van der Waals surface area contributed by atoms with Crippen LogP contribution in [0.1, 0.15) is 24.8 Å². The van der Waals surface area contributed by atoms with Crippen molar-refractivity contribution in [1.29, 1.82) is 0 Å². The van der Waals surface area contributed by atoms with E-state index in [0.717, 1.165) is 18.4 Å². The normalized spacial score (nSPS) is 10.4. The Morgan fingerprint density at radius 3 is 2.50 bits per heavy atom. The number of aryl methyl sites for hydroxylation is 1. The van der Waals surface area contributed by atoms with Gasteiger partial charge in [-0.15, -0.1) is 0 Å². The first-order valence-corrected chi connectivity index (χ1v) is 8.03. The molecule has 3 nitrogen and oxygen atoms in total. The number of hydrogen-bond acceptors (Lipinski definition) is 2. The largest absolute Gasteiger partial charge is 0.491 e. The smallest absolute Gasteiger partial charge is 0.220 e. The van der Waals surface area contributed by atoms with Gasteiger partial charge in [0.25, 0.3) is 0 Å². The zero-order chi connectivity index (χ0) is 17.2. The Bertz CT molecular complexity index is 644. The number of halogens is 2. The number of para-hydroxylation sites is 1. The van der Waals surface area contributed by atoms with Crippen LogP contribution in [0.15, 0.2) is 48.5 Å². The SMILES string of the molecule is O=C(CCCOc1ccccc1F)NCCCc1ccc(F)cc1. The monoisotopic (exact) mass is 333 g/mol. The third-order valence-electron chi connectivity index (χ3n) is 3.52. The van der Waals surface area contributed by atoms with Crippen LogP contribution in [-0.2, 0) is 11.2 Å². The molecule has 0 aliphatic heterocycles. The molecule has 0 fully saturated rings. The first kappa shape index (κ1) is 17.9. The summed E-state index contributed by atoms with van der Waals surface area (Å²) in [7, 11) is 0. The Kier molecular flexibility index (Phi) is 7.21. The average Bonchev–Trinajstić information content (AvgIpc) is 2.58. The molecule has 0 heterocycles. The lowest BCUT2D eigenvalue weighted by Crippen LogP contribution is -2.24. The van der Waals surface area contributed by atoms with Crippen molar-refractivity contribution in [3.05, 3.63) is 65.7 Å². The van der Waals surface area contributed by atoms with Crippen LogP contribution in [0.4, 0.5) is 8.78 Å². The van der Waals surface area contributed by atoms with Crippen molar-refractivity contribution in [1.82, 2.24) is 5.32 Å². The third-order valence-corrected chi connectivity index (χ3v) is 3.52. The molecule has 0 atom stereocenters. The zero-order valence-electron chi connectivity index (χ0n) is 13.4. The number of hydrogen-bond donors (Lipinski definition) is 1. The molecule has 0 saturated heterocycles. The summed E-state index contributed by atoms with van der Waals surface area (Å²) in [5.74, 6) is -0.490. The summed E-state index contributed by atoms with van der Waals surface area (Å²) >= 11 is 0. The number of rotatable bonds is 9. The van der Waals surface area contributed by atoms with E-state index in [2.05, 4.69) is 5.32 Å². The molecule has 1 N–H and O–H groups in total. The van der Waals surface area contributed by atoms with Gasteiger partial charge in [-0.3, -0.25) is 4.79 Å². The molecule has 0 bridgehead atoms. The van der Waals surface area contributed by atoms with Crippen molar-refractivity contribution in [3.8, 4) is 5.75 Å². The highest BCUT2D eigenvalue weighted by Crippen LogP contribution is 2.15. The standard InChI is InChI=1S/C19H21F2NO2/c20-16-11-9-15(10-12-16)5-3-13-22-19(23)8-4-14-24-18-7-2-1-6-17(18)21/h1-2,6-7,9-12H,3-5,8,13-14H2,(H,22,23). The van der Waals surface area contributed by atoms with E-state index in [1.54, 1.807) is 30.3 Å². The second-order valence-corrected chi connectivity index (χ2v) is 5.46. The maximum Gasteiger partial charge on any atom is 0.220 e. The van der Waals surface area contributed by atoms with Crippen LogP contribution < -0.4 is 10.1 Å².